The summed E-state index contributed by atoms with van der Waals surface area (Å²) in [5.74, 6) is -1.09. The van der Waals surface area contributed by atoms with Crippen molar-refractivity contribution in [3.63, 3.8) is 0 Å². The average molecular weight is 419 g/mol. The van der Waals surface area contributed by atoms with Crippen LogP contribution >= 0.6 is 11.6 Å². The van der Waals surface area contributed by atoms with Crippen LogP contribution in [0.4, 0.5) is 0 Å². The highest BCUT2D eigenvalue weighted by Crippen LogP contribution is 2.29. The van der Waals surface area contributed by atoms with Gasteiger partial charge in [-0.3, -0.25) is 4.90 Å². The fourth-order valence-electron chi connectivity index (χ4n) is 3.82. The largest absolute Gasteiger partial charge is 0.373 e. The van der Waals surface area contributed by atoms with E-state index < -0.39 is 12.0 Å². The summed E-state index contributed by atoms with van der Waals surface area (Å²) in [7, 11) is 0. The van der Waals surface area contributed by atoms with Crippen molar-refractivity contribution in [1.29, 1.82) is 0 Å². The first kappa shape index (κ1) is 22.2. The Morgan fingerprint density at radius 2 is 1.48 bits per heavy atom. The standard InChI is InChI=1S/C23H31ClN2O3/c1-3-28-23(29-4-2,22(27)26-15-13-25-14-16-26)17-18-5-7-19(8-6-18)20-9-11-21(24)12-10-20/h5-12,22,25,27H,3-4,13-17H2,1-2H3. The highest BCUT2D eigenvalue weighted by atomic mass is 35.5. The number of hydrogen-bond acceptors (Lipinski definition) is 5. The Morgan fingerprint density at radius 3 is 2.00 bits per heavy atom. The predicted molar refractivity (Wildman–Crippen MR) is 117 cm³/mol. The molecule has 1 unspecified atom stereocenters. The normalized spacial score (nSPS) is 16.7. The van der Waals surface area contributed by atoms with Crippen molar-refractivity contribution in [2.45, 2.75) is 32.3 Å². The van der Waals surface area contributed by atoms with Crippen molar-refractivity contribution in [3.8, 4) is 11.1 Å². The van der Waals surface area contributed by atoms with E-state index in [1.807, 2.05) is 43.0 Å². The summed E-state index contributed by atoms with van der Waals surface area (Å²) in [4.78, 5) is 2.03. The molecule has 0 saturated carbocycles. The van der Waals surface area contributed by atoms with Crippen LogP contribution in [0.3, 0.4) is 0 Å². The molecule has 0 aliphatic carbocycles. The highest BCUT2D eigenvalue weighted by Gasteiger charge is 2.43. The van der Waals surface area contributed by atoms with Gasteiger partial charge < -0.3 is 19.9 Å². The van der Waals surface area contributed by atoms with Crippen LogP contribution in [0.15, 0.2) is 48.5 Å². The molecule has 1 fully saturated rings. The smallest absolute Gasteiger partial charge is 0.212 e. The maximum Gasteiger partial charge on any atom is 0.212 e. The van der Waals surface area contributed by atoms with Gasteiger partial charge in [-0.05, 0) is 42.7 Å². The number of benzene rings is 2. The molecule has 2 aromatic rings. The predicted octanol–water partition coefficient (Wildman–Crippen LogP) is 3.54. The lowest BCUT2D eigenvalue weighted by molar-refractivity contribution is -0.310. The molecular weight excluding hydrogens is 388 g/mol. The first-order valence-electron chi connectivity index (χ1n) is 10.3. The summed E-state index contributed by atoms with van der Waals surface area (Å²) in [6, 6.07) is 16.1. The number of piperazine rings is 1. The molecule has 0 spiro atoms. The lowest BCUT2D eigenvalue weighted by Gasteiger charge is -2.43. The lowest BCUT2D eigenvalue weighted by atomic mass is 9.98. The molecule has 1 atom stereocenters. The third-order valence-electron chi connectivity index (χ3n) is 5.25. The van der Waals surface area contributed by atoms with E-state index in [0.717, 1.165) is 47.9 Å². The second-order valence-electron chi connectivity index (χ2n) is 7.22. The summed E-state index contributed by atoms with van der Waals surface area (Å²) < 4.78 is 12.1. The van der Waals surface area contributed by atoms with E-state index in [0.29, 0.717) is 19.6 Å². The Kier molecular flexibility index (Phi) is 8.07. The second kappa shape index (κ2) is 10.5. The number of aliphatic hydroxyl groups is 1. The van der Waals surface area contributed by atoms with Crippen LogP contribution in [-0.4, -0.2) is 61.4 Å². The van der Waals surface area contributed by atoms with Crippen molar-refractivity contribution in [3.05, 3.63) is 59.1 Å². The van der Waals surface area contributed by atoms with Gasteiger partial charge in [0.05, 0.1) is 0 Å². The van der Waals surface area contributed by atoms with E-state index in [9.17, 15) is 5.11 Å². The van der Waals surface area contributed by atoms with E-state index in [1.165, 1.54) is 0 Å². The van der Waals surface area contributed by atoms with Crippen LogP contribution in [0.2, 0.25) is 5.02 Å². The summed E-state index contributed by atoms with van der Waals surface area (Å²) in [6.07, 6.45) is -0.360. The van der Waals surface area contributed by atoms with Gasteiger partial charge in [0.15, 0.2) is 6.23 Å². The van der Waals surface area contributed by atoms with Crippen LogP contribution in [0, 0.1) is 0 Å². The zero-order chi connectivity index (χ0) is 20.7. The summed E-state index contributed by atoms with van der Waals surface area (Å²) >= 11 is 5.99. The molecular formula is C23H31ClN2O3. The van der Waals surface area contributed by atoms with Gasteiger partial charge >= 0.3 is 0 Å². The van der Waals surface area contributed by atoms with Gasteiger partial charge in [0.1, 0.15) is 0 Å². The number of rotatable bonds is 9. The lowest BCUT2D eigenvalue weighted by Crippen LogP contribution is -2.61. The topological polar surface area (TPSA) is 54.0 Å². The quantitative estimate of drug-likeness (QED) is 0.610. The zero-order valence-corrected chi connectivity index (χ0v) is 18.0. The van der Waals surface area contributed by atoms with Crippen LogP contribution in [0.1, 0.15) is 19.4 Å². The van der Waals surface area contributed by atoms with Crippen molar-refractivity contribution in [2.24, 2.45) is 0 Å². The van der Waals surface area contributed by atoms with Gasteiger partial charge in [-0.2, -0.15) is 0 Å². The minimum absolute atomic E-state index is 0.464. The molecule has 0 aromatic heterocycles. The molecule has 3 rings (SSSR count). The molecule has 5 nitrogen and oxygen atoms in total. The van der Waals surface area contributed by atoms with Crippen LogP contribution in [0.25, 0.3) is 11.1 Å². The van der Waals surface area contributed by atoms with Crippen LogP contribution in [-0.2, 0) is 15.9 Å². The Bertz CT molecular complexity index is 740. The molecule has 6 heteroatoms. The number of nitrogens with one attached hydrogen (secondary N) is 1. The first-order valence-corrected chi connectivity index (χ1v) is 10.7. The fourth-order valence-corrected chi connectivity index (χ4v) is 3.95. The van der Waals surface area contributed by atoms with Gasteiger partial charge in [0.25, 0.3) is 0 Å². The molecule has 2 N–H and O–H groups in total. The number of halogens is 1. The van der Waals surface area contributed by atoms with Crippen molar-refractivity contribution < 1.29 is 14.6 Å². The van der Waals surface area contributed by atoms with E-state index in [-0.39, 0.29) is 0 Å². The minimum atomic E-state index is -1.09. The molecule has 1 saturated heterocycles. The number of aliphatic hydroxyl groups excluding tert-OH is 1. The van der Waals surface area contributed by atoms with E-state index in [4.69, 9.17) is 21.1 Å². The van der Waals surface area contributed by atoms with E-state index >= 15 is 0 Å². The summed E-state index contributed by atoms with van der Waals surface area (Å²) in [6.45, 7) is 8.02. The number of ether oxygens (including phenoxy) is 2. The number of hydrogen-bond donors (Lipinski definition) is 2. The fraction of sp³-hybridized carbons (Fsp3) is 0.478. The molecule has 29 heavy (non-hydrogen) atoms. The molecule has 0 radical (unpaired) electrons. The molecule has 2 aromatic carbocycles. The third kappa shape index (κ3) is 5.57. The monoisotopic (exact) mass is 418 g/mol. The van der Waals surface area contributed by atoms with Crippen LogP contribution in [0.5, 0.6) is 0 Å². The van der Waals surface area contributed by atoms with Gasteiger partial charge in [-0.25, -0.2) is 0 Å². The Hall–Kier alpha value is -1.47. The van der Waals surface area contributed by atoms with Gasteiger partial charge in [0, 0.05) is 50.8 Å². The Morgan fingerprint density at radius 1 is 0.966 bits per heavy atom. The maximum absolute atomic E-state index is 11.2. The van der Waals surface area contributed by atoms with Crippen molar-refractivity contribution >= 4 is 11.6 Å². The molecule has 1 heterocycles. The summed E-state index contributed by atoms with van der Waals surface area (Å²) in [5.41, 5.74) is 3.29. The molecule has 0 amide bonds. The Labute approximate surface area is 178 Å². The maximum atomic E-state index is 11.2. The minimum Gasteiger partial charge on any atom is -0.373 e. The van der Waals surface area contributed by atoms with Gasteiger partial charge in [-0.15, -0.1) is 0 Å². The SMILES string of the molecule is CCOC(Cc1ccc(-c2ccc(Cl)cc2)cc1)(OCC)C(O)N1CCNCC1. The molecule has 158 valence electrons. The Balaban J connectivity index is 1.81. The highest BCUT2D eigenvalue weighted by molar-refractivity contribution is 6.30. The van der Waals surface area contributed by atoms with Crippen molar-refractivity contribution in [2.75, 3.05) is 39.4 Å². The number of nitrogens with zero attached hydrogens (tertiary/aromatic N) is 1. The average Bonchev–Trinajstić information content (AvgIpc) is 2.75. The van der Waals surface area contributed by atoms with Gasteiger partial charge in [-0.1, -0.05) is 48.0 Å². The van der Waals surface area contributed by atoms with E-state index in [2.05, 4.69) is 29.6 Å². The van der Waals surface area contributed by atoms with Crippen LogP contribution < -0.4 is 5.32 Å². The molecule has 0 bridgehead atoms. The molecule has 1 aliphatic heterocycles. The van der Waals surface area contributed by atoms with Gasteiger partial charge in [0.2, 0.25) is 5.79 Å². The zero-order valence-electron chi connectivity index (χ0n) is 17.2. The molecule has 1 aliphatic rings. The summed E-state index contributed by atoms with van der Waals surface area (Å²) in [5, 5.41) is 15.2. The first-order chi connectivity index (χ1) is 14.1. The van der Waals surface area contributed by atoms with Crippen molar-refractivity contribution in [1.82, 2.24) is 10.2 Å². The third-order valence-corrected chi connectivity index (χ3v) is 5.50. The second-order valence-corrected chi connectivity index (χ2v) is 7.65. The van der Waals surface area contributed by atoms with E-state index in [1.54, 1.807) is 0 Å².